The van der Waals surface area contributed by atoms with Crippen molar-refractivity contribution in [3.05, 3.63) is 53.2 Å². The third-order valence-corrected chi connectivity index (χ3v) is 3.84. The number of nitrogens with one attached hydrogen (secondary N) is 1. The lowest BCUT2D eigenvalue weighted by atomic mass is 10.0. The van der Waals surface area contributed by atoms with Crippen molar-refractivity contribution in [3.8, 4) is 0 Å². The van der Waals surface area contributed by atoms with E-state index >= 15 is 0 Å². The molecule has 1 aromatic carbocycles. The molecule has 0 saturated heterocycles. The lowest BCUT2D eigenvalue weighted by Gasteiger charge is -2.27. The fraction of sp³-hybridized carbons (Fsp3) is 0.294. The van der Waals surface area contributed by atoms with Gasteiger partial charge >= 0.3 is 0 Å². The number of para-hydroxylation sites is 1. The topological polar surface area (TPSA) is 53.9 Å². The van der Waals surface area contributed by atoms with Crippen LogP contribution in [0.5, 0.6) is 0 Å². The Kier molecular flexibility index (Phi) is 1.53. The zero-order valence-corrected chi connectivity index (χ0v) is 11.8. The number of carbonyl (C=O) groups is 1. The first-order valence-corrected chi connectivity index (χ1v) is 6.74. The van der Waals surface area contributed by atoms with Crippen molar-refractivity contribution < 1.29 is 15.8 Å². The highest BCUT2D eigenvalue weighted by Gasteiger charge is 2.30. The van der Waals surface area contributed by atoms with Gasteiger partial charge < -0.3 is 14.5 Å². The van der Waals surface area contributed by atoms with Crippen LogP contribution in [0.15, 0.2) is 30.6 Å². The molecule has 1 aliphatic heterocycles. The summed E-state index contributed by atoms with van der Waals surface area (Å²) in [5, 5.41) is 0.476. The number of aryl methyl sites for hydroxylation is 2. The molecule has 112 valence electrons. The molecule has 5 nitrogen and oxygen atoms in total. The minimum absolute atomic E-state index is 0.0327. The van der Waals surface area contributed by atoms with E-state index in [0.29, 0.717) is 15.8 Å². The van der Waals surface area contributed by atoms with E-state index < -0.39 is 38.5 Å². The minimum Gasteiger partial charge on any atom is -0.348 e. The van der Waals surface area contributed by atoms with Crippen LogP contribution in [-0.4, -0.2) is 31.8 Å². The average Bonchev–Trinajstić information content (AvgIpc) is 3.16. The largest absolute Gasteiger partial charge is 0.348 e. The molecule has 22 heavy (non-hydrogen) atoms. The van der Waals surface area contributed by atoms with Gasteiger partial charge in [-0.1, -0.05) is 18.2 Å². The van der Waals surface area contributed by atoms with Gasteiger partial charge in [-0.2, -0.15) is 0 Å². The van der Waals surface area contributed by atoms with E-state index in [9.17, 15) is 4.79 Å². The number of hydrogen-bond acceptors (Lipinski definition) is 2. The minimum atomic E-state index is -2.80. The molecule has 3 aromatic rings. The van der Waals surface area contributed by atoms with Crippen LogP contribution in [0.1, 0.15) is 38.4 Å². The number of H-pyrrole nitrogens is 1. The van der Waals surface area contributed by atoms with Gasteiger partial charge in [-0.3, -0.25) is 4.79 Å². The fourth-order valence-corrected chi connectivity index (χ4v) is 2.72. The molecule has 0 aliphatic carbocycles. The first kappa shape index (κ1) is 7.13. The molecule has 3 heterocycles. The van der Waals surface area contributed by atoms with Crippen LogP contribution in [0.25, 0.3) is 10.9 Å². The zero-order chi connectivity index (χ0) is 22.2. The fourth-order valence-electron chi connectivity index (χ4n) is 2.72. The third-order valence-electron chi connectivity index (χ3n) is 3.84. The molecule has 0 saturated carbocycles. The Morgan fingerprint density at radius 1 is 1.50 bits per heavy atom. The quantitative estimate of drug-likeness (QED) is 0.790. The molecular weight excluding hydrogens is 276 g/mol. The zero-order valence-electron chi connectivity index (χ0n) is 19.8. The summed E-state index contributed by atoms with van der Waals surface area (Å²) in [7, 11) is 1.57. The van der Waals surface area contributed by atoms with Gasteiger partial charge in [0.1, 0.15) is 1.37 Å². The highest BCUT2D eigenvalue weighted by molar-refractivity contribution is 6.09. The van der Waals surface area contributed by atoms with E-state index in [4.69, 9.17) is 11.0 Å². The molecule has 1 N–H and O–H groups in total. The van der Waals surface area contributed by atoms with Crippen molar-refractivity contribution in [1.29, 1.82) is 0 Å². The summed E-state index contributed by atoms with van der Waals surface area (Å²) in [5.41, 5.74) is -0.0367. The number of fused-ring (bicyclic) bond motifs is 3. The normalized spacial score (nSPS) is 25.1. The first-order chi connectivity index (χ1) is 13.8. The summed E-state index contributed by atoms with van der Waals surface area (Å²) < 4.78 is 65.9. The third kappa shape index (κ3) is 1.78. The lowest BCUT2D eigenvalue weighted by molar-refractivity contribution is 0.0725. The second-order valence-corrected chi connectivity index (χ2v) is 5.10. The van der Waals surface area contributed by atoms with Crippen molar-refractivity contribution in [2.24, 2.45) is 7.05 Å². The molecule has 0 bridgehead atoms. The van der Waals surface area contributed by atoms with Crippen molar-refractivity contribution >= 4 is 16.8 Å². The smallest absolute Gasteiger partial charge is 0.256 e. The van der Waals surface area contributed by atoms with Gasteiger partial charge in [0.25, 0.3) is 5.91 Å². The molecule has 2 aromatic heterocycles. The van der Waals surface area contributed by atoms with Gasteiger partial charge in [-0.25, -0.2) is 4.98 Å². The Morgan fingerprint density at radius 2 is 2.36 bits per heavy atom. The molecule has 1 aliphatic rings. The number of nitrogens with zero attached hydrogens (tertiary/aromatic N) is 3. The van der Waals surface area contributed by atoms with Gasteiger partial charge in [-0.15, -0.1) is 0 Å². The highest BCUT2D eigenvalue weighted by Crippen LogP contribution is 2.30. The van der Waals surface area contributed by atoms with E-state index in [1.165, 1.54) is 4.57 Å². The standard InChI is InChI=1S/C17H18N4O/c1-11-13(19-10-18-11)9-21-8-7-15-16(17(21)22)12-5-3-4-6-14(12)20(15)2/h3-6,10H,7-9H2,1-2H3,(H,18,19)/i1D3,7D2,8D2,10D. The van der Waals surface area contributed by atoms with Crippen LogP contribution in [0, 0.1) is 6.85 Å². The van der Waals surface area contributed by atoms with Crippen LogP contribution in [0.3, 0.4) is 0 Å². The molecule has 0 atom stereocenters. The van der Waals surface area contributed by atoms with Crippen LogP contribution in [-0.2, 0) is 20.0 Å². The molecule has 5 heteroatoms. The molecule has 0 fully saturated rings. The van der Waals surface area contributed by atoms with Gasteiger partial charge in [0.2, 0.25) is 0 Å². The highest BCUT2D eigenvalue weighted by atomic mass is 16.2. The van der Waals surface area contributed by atoms with Crippen LogP contribution in [0.4, 0.5) is 0 Å². The van der Waals surface area contributed by atoms with Crippen molar-refractivity contribution in [1.82, 2.24) is 19.4 Å². The van der Waals surface area contributed by atoms with Gasteiger partial charge in [0.15, 0.2) is 0 Å². The number of benzene rings is 1. The Bertz CT molecular complexity index is 1180. The van der Waals surface area contributed by atoms with Crippen LogP contribution in [0.2, 0.25) is 0 Å². The predicted octanol–water partition coefficient (Wildman–Crippen LogP) is 2.41. The Labute approximate surface area is 139 Å². The van der Waals surface area contributed by atoms with E-state index in [2.05, 4.69) is 9.97 Å². The SMILES string of the molecule is [2H]c1nc(CN2C(=O)c3c(n(C)c4ccccc34)C([2H])([2H])C2([2H])[2H])c(C([2H])([2H])[2H])[nH]1. The van der Waals surface area contributed by atoms with Gasteiger partial charge in [0.05, 0.1) is 24.1 Å². The molecule has 0 spiro atoms. The van der Waals surface area contributed by atoms with Crippen molar-refractivity contribution in [2.45, 2.75) is 19.8 Å². The summed E-state index contributed by atoms with van der Waals surface area (Å²) in [6.45, 7) is -6.06. The van der Waals surface area contributed by atoms with Gasteiger partial charge in [0, 0.05) is 51.8 Å². The van der Waals surface area contributed by atoms with Crippen molar-refractivity contribution in [3.63, 3.8) is 0 Å². The molecule has 4 rings (SSSR count). The summed E-state index contributed by atoms with van der Waals surface area (Å²) in [4.78, 5) is 20.2. The summed E-state index contributed by atoms with van der Waals surface area (Å²) >= 11 is 0. The van der Waals surface area contributed by atoms with E-state index in [1.807, 2.05) is 0 Å². The molecule has 1 amide bonds. The molecule has 0 radical (unpaired) electrons. The van der Waals surface area contributed by atoms with E-state index in [-0.39, 0.29) is 22.6 Å². The maximum Gasteiger partial charge on any atom is 0.256 e. The van der Waals surface area contributed by atoms with E-state index in [1.54, 1.807) is 31.3 Å². The number of imidazole rings is 1. The Morgan fingerprint density at radius 3 is 3.23 bits per heavy atom. The molecular formula is C17H18N4O. The first-order valence-electron chi connectivity index (χ1n) is 10.7. The molecule has 0 unspecified atom stereocenters. The number of carbonyl (C=O) groups excluding carboxylic acids is 1. The maximum absolute atomic E-state index is 13.4. The average molecular weight is 302 g/mol. The second-order valence-electron chi connectivity index (χ2n) is 5.10. The predicted molar refractivity (Wildman–Crippen MR) is 84.7 cm³/mol. The number of rotatable bonds is 2. The summed E-state index contributed by atoms with van der Waals surface area (Å²) in [6, 6.07) is 6.81. The second kappa shape index (κ2) is 4.73. The summed E-state index contributed by atoms with van der Waals surface area (Å²) in [5.74, 6) is -0.770. The number of aromatic amines is 1. The van der Waals surface area contributed by atoms with Crippen molar-refractivity contribution in [2.75, 3.05) is 6.50 Å². The number of aromatic nitrogens is 3. The maximum atomic E-state index is 13.4. The van der Waals surface area contributed by atoms with Crippen LogP contribution < -0.4 is 0 Å². The summed E-state index contributed by atoms with van der Waals surface area (Å²) in [6.07, 6.45) is -3.03. The lowest BCUT2D eigenvalue weighted by Crippen LogP contribution is -2.37. The van der Waals surface area contributed by atoms with E-state index in [0.717, 1.165) is 0 Å². The Hall–Kier alpha value is -2.56. The monoisotopic (exact) mass is 302 g/mol. The number of amides is 1. The number of hydrogen-bond donors (Lipinski definition) is 1. The van der Waals surface area contributed by atoms with Crippen LogP contribution >= 0.6 is 0 Å². The Balaban J connectivity index is 1.92. The van der Waals surface area contributed by atoms with Gasteiger partial charge in [-0.05, 0) is 12.9 Å².